The second kappa shape index (κ2) is 3.38. The number of aromatic amines is 1. The Labute approximate surface area is 92.0 Å². The summed E-state index contributed by atoms with van der Waals surface area (Å²) < 4.78 is 10.9. The molecule has 2 aromatic rings. The summed E-state index contributed by atoms with van der Waals surface area (Å²) in [5.41, 5.74) is 1.63. The highest BCUT2D eigenvalue weighted by Gasteiger charge is 2.15. The van der Waals surface area contributed by atoms with Crippen LogP contribution in [0.1, 0.15) is 18.9 Å². The third-order valence-corrected chi connectivity index (χ3v) is 2.56. The summed E-state index contributed by atoms with van der Waals surface area (Å²) in [4.78, 5) is 7.33. The van der Waals surface area contributed by atoms with Gasteiger partial charge in [0, 0.05) is 12.1 Å². The number of nitrogens with zero attached hydrogens (tertiary/aromatic N) is 1. The van der Waals surface area contributed by atoms with Gasteiger partial charge in [-0.1, -0.05) is 0 Å². The zero-order valence-electron chi connectivity index (χ0n) is 8.86. The van der Waals surface area contributed by atoms with Crippen LogP contribution in [-0.2, 0) is 0 Å². The minimum absolute atomic E-state index is 0.553. The van der Waals surface area contributed by atoms with Crippen LogP contribution in [0.4, 0.5) is 0 Å². The van der Waals surface area contributed by atoms with E-state index < -0.39 is 6.10 Å². The van der Waals surface area contributed by atoms with Gasteiger partial charge in [-0.2, -0.15) is 0 Å². The minimum atomic E-state index is -0.605. The molecule has 5 heteroatoms. The van der Waals surface area contributed by atoms with Crippen molar-refractivity contribution in [2.75, 3.05) is 13.2 Å². The average Bonchev–Trinajstić information content (AvgIpc) is 2.68. The lowest BCUT2D eigenvalue weighted by Crippen LogP contribution is -2.15. The van der Waals surface area contributed by atoms with Crippen LogP contribution in [0.15, 0.2) is 12.1 Å². The number of nitrogens with one attached hydrogen (secondary N) is 1. The molecule has 0 bridgehead atoms. The number of aliphatic hydroxyl groups is 1. The van der Waals surface area contributed by atoms with Crippen LogP contribution in [0.2, 0.25) is 0 Å². The van der Waals surface area contributed by atoms with Crippen molar-refractivity contribution in [1.82, 2.24) is 9.97 Å². The standard InChI is InChI=1S/C11H12N2O3/c1-6(14)11-12-7-4-9-10(5-8(7)13-11)16-3-2-15-9/h4-6,14H,2-3H2,1H3,(H,12,13). The highest BCUT2D eigenvalue weighted by atomic mass is 16.6. The van der Waals surface area contributed by atoms with Gasteiger partial charge < -0.3 is 19.6 Å². The number of aromatic nitrogens is 2. The van der Waals surface area contributed by atoms with Gasteiger partial charge in [0.05, 0.1) is 11.0 Å². The first kappa shape index (κ1) is 9.47. The molecule has 2 heterocycles. The normalized spacial score (nSPS) is 16.4. The third-order valence-electron chi connectivity index (χ3n) is 2.56. The summed E-state index contributed by atoms with van der Waals surface area (Å²) in [6.45, 7) is 2.80. The van der Waals surface area contributed by atoms with E-state index in [1.807, 2.05) is 12.1 Å². The molecule has 0 aliphatic carbocycles. The van der Waals surface area contributed by atoms with Crippen molar-refractivity contribution in [3.63, 3.8) is 0 Å². The minimum Gasteiger partial charge on any atom is -0.486 e. The first-order valence-electron chi connectivity index (χ1n) is 5.21. The molecule has 0 saturated heterocycles. The average molecular weight is 220 g/mol. The van der Waals surface area contributed by atoms with Crippen molar-refractivity contribution in [3.05, 3.63) is 18.0 Å². The van der Waals surface area contributed by atoms with Crippen molar-refractivity contribution in [3.8, 4) is 11.5 Å². The summed E-state index contributed by atoms with van der Waals surface area (Å²) in [5, 5.41) is 9.43. The Balaban J connectivity index is 2.16. The molecule has 16 heavy (non-hydrogen) atoms. The van der Waals surface area contributed by atoms with E-state index in [-0.39, 0.29) is 0 Å². The largest absolute Gasteiger partial charge is 0.486 e. The Morgan fingerprint density at radius 1 is 1.31 bits per heavy atom. The quantitative estimate of drug-likeness (QED) is 0.762. The van der Waals surface area contributed by atoms with Gasteiger partial charge >= 0.3 is 0 Å². The molecule has 1 aromatic heterocycles. The van der Waals surface area contributed by atoms with Gasteiger partial charge in [-0.15, -0.1) is 0 Å². The maximum absolute atomic E-state index is 9.43. The lowest BCUT2D eigenvalue weighted by Gasteiger charge is -2.17. The number of fused-ring (bicyclic) bond motifs is 2. The number of H-pyrrole nitrogens is 1. The number of rotatable bonds is 1. The summed E-state index contributed by atoms with van der Waals surface area (Å²) in [6, 6.07) is 3.68. The van der Waals surface area contributed by atoms with Gasteiger partial charge in [-0.05, 0) is 6.92 Å². The maximum atomic E-state index is 9.43. The number of ether oxygens (including phenoxy) is 2. The van der Waals surface area contributed by atoms with Gasteiger partial charge in [-0.3, -0.25) is 0 Å². The molecule has 0 saturated carbocycles. The smallest absolute Gasteiger partial charge is 0.163 e. The Bertz CT molecular complexity index is 490. The summed E-state index contributed by atoms with van der Waals surface area (Å²) in [5.74, 6) is 1.99. The highest BCUT2D eigenvalue weighted by Crippen LogP contribution is 2.34. The fourth-order valence-corrected chi connectivity index (χ4v) is 1.76. The van der Waals surface area contributed by atoms with E-state index >= 15 is 0 Å². The van der Waals surface area contributed by atoms with Crippen LogP contribution >= 0.6 is 0 Å². The van der Waals surface area contributed by atoms with Crippen LogP contribution in [0.3, 0.4) is 0 Å². The molecule has 5 nitrogen and oxygen atoms in total. The summed E-state index contributed by atoms with van der Waals surface area (Å²) in [6.07, 6.45) is -0.605. The fourth-order valence-electron chi connectivity index (χ4n) is 1.76. The lowest BCUT2D eigenvalue weighted by atomic mass is 10.2. The predicted octanol–water partition coefficient (Wildman–Crippen LogP) is 1.39. The van der Waals surface area contributed by atoms with Crippen LogP contribution in [-0.4, -0.2) is 28.3 Å². The van der Waals surface area contributed by atoms with E-state index in [2.05, 4.69) is 9.97 Å². The van der Waals surface area contributed by atoms with Crippen LogP contribution in [0.25, 0.3) is 11.0 Å². The van der Waals surface area contributed by atoms with Gasteiger partial charge in [0.25, 0.3) is 0 Å². The van der Waals surface area contributed by atoms with Crippen molar-refractivity contribution >= 4 is 11.0 Å². The first-order valence-corrected chi connectivity index (χ1v) is 5.21. The Morgan fingerprint density at radius 3 is 2.69 bits per heavy atom. The van der Waals surface area contributed by atoms with Crippen LogP contribution in [0, 0.1) is 0 Å². The number of aliphatic hydroxyl groups excluding tert-OH is 1. The van der Waals surface area contributed by atoms with Gasteiger partial charge in [0.1, 0.15) is 25.1 Å². The molecule has 0 spiro atoms. The molecule has 0 fully saturated rings. The Kier molecular flexibility index (Phi) is 2.00. The highest BCUT2D eigenvalue weighted by molar-refractivity contribution is 5.80. The molecule has 1 aromatic carbocycles. The van der Waals surface area contributed by atoms with Crippen LogP contribution in [0.5, 0.6) is 11.5 Å². The predicted molar refractivity (Wildman–Crippen MR) is 57.7 cm³/mol. The maximum Gasteiger partial charge on any atom is 0.163 e. The first-order chi connectivity index (χ1) is 7.74. The monoisotopic (exact) mass is 220 g/mol. The fraction of sp³-hybridized carbons (Fsp3) is 0.364. The molecule has 3 rings (SSSR count). The van der Waals surface area contributed by atoms with Gasteiger partial charge in [0.15, 0.2) is 11.5 Å². The van der Waals surface area contributed by atoms with E-state index in [0.717, 1.165) is 16.8 Å². The van der Waals surface area contributed by atoms with Gasteiger partial charge in [0.2, 0.25) is 0 Å². The number of hydrogen-bond acceptors (Lipinski definition) is 4. The van der Waals surface area contributed by atoms with E-state index in [1.54, 1.807) is 6.92 Å². The van der Waals surface area contributed by atoms with Crippen molar-refractivity contribution in [2.45, 2.75) is 13.0 Å². The topological polar surface area (TPSA) is 67.4 Å². The van der Waals surface area contributed by atoms with Crippen LogP contribution < -0.4 is 9.47 Å². The van der Waals surface area contributed by atoms with Crippen molar-refractivity contribution < 1.29 is 14.6 Å². The Hall–Kier alpha value is -1.75. The second-order valence-corrected chi connectivity index (χ2v) is 3.81. The molecule has 2 N–H and O–H groups in total. The molecule has 0 amide bonds. The summed E-state index contributed by atoms with van der Waals surface area (Å²) in [7, 11) is 0. The van der Waals surface area contributed by atoms with E-state index in [9.17, 15) is 5.11 Å². The molecule has 1 unspecified atom stereocenters. The number of benzene rings is 1. The third kappa shape index (κ3) is 1.40. The Morgan fingerprint density at radius 2 is 2.00 bits per heavy atom. The van der Waals surface area contributed by atoms with Crippen molar-refractivity contribution in [2.24, 2.45) is 0 Å². The van der Waals surface area contributed by atoms with E-state index in [4.69, 9.17) is 9.47 Å². The lowest BCUT2D eigenvalue weighted by molar-refractivity contribution is 0.172. The van der Waals surface area contributed by atoms with E-state index in [1.165, 1.54) is 0 Å². The molecular weight excluding hydrogens is 208 g/mol. The number of imidazole rings is 1. The molecule has 1 atom stereocenters. The molecular formula is C11H12N2O3. The molecule has 84 valence electrons. The van der Waals surface area contributed by atoms with Crippen molar-refractivity contribution in [1.29, 1.82) is 0 Å². The zero-order valence-corrected chi connectivity index (χ0v) is 8.86. The van der Waals surface area contributed by atoms with Gasteiger partial charge in [-0.25, -0.2) is 4.98 Å². The molecule has 1 aliphatic rings. The second-order valence-electron chi connectivity index (χ2n) is 3.81. The SMILES string of the molecule is CC(O)c1nc2cc3c(cc2[nH]1)OCCO3. The van der Waals surface area contributed by atoms with E-state index in [0.29, 0.717) is 24.8 Å². The zero-order chi connectivity index (χ0) is 11.1. The summed E-state index contributed by atoms with van der Waals surface area (Å²) >= 11 is 0. The molecule has 1 aliphatic heterocycles. The number of hydrogen-bond donors (Lipinski definition) is 2. The molecule has 0 radical (unpaired) electrons.